The summed E-state index contributed by atoms with van der Waals surface area (Å²) in [6, 6.07) is 15.3. The van der Waals surface area contributed by atoms with Crippen LogP contribution < -0.4 is 10.1 Å². The number of ether oxygens (including phenoxy) is 1. The van der Waals surface area contributed by atoms with Crippen LogP contribution in [0.2, 0.25) is 0 Å². The molecule has 0 aliphatic carbocycles. The van der Waals surface area contributed by atoms with Crippen LogP contribution in [-0.2, 0) is 6.42 Å². The number of nitrogens with one attached hydrogen (secondary N) is 1. The summed E-state index contributed by atoms with van der Waals surface area (Å²) in [4.78, 5) is 12.2. The molecule has 1 amide bonds. The summed E-state index contributed by atoms with van der Waals surface area (Å²) >= 11 is 1.26. The molecule has 0 aliphatic rings. The molecule has 1 heterocycles. The van der Waals surface area contributed by atoms with Crippen molar-refractivity contribution in [3.8, 4) is 5.75 Å². The molecular formula is C17H13F2N3O2S. The maximum absolute atomic E-state index is 12.2. The predicted octanol–water partition coefficient (Wildman–Crippen LogP) is 3.98. The van der Waals surface area contributed by atoms with Crippen LogP contribution in [0.15, 0.2) is 54.6 Å². The number of amides is 1. The van der Waals surface area contributed by atoms with Crippen molar-refractivity contribution in [2.24, 2.45) is 0 Å². The average molecular weight is 361 g/mol. The zero-order valence-electron chi connectivity index (χ0n) is 12.9. The summed E-state index contributed by atoms with van der Waals surface area (Å²) in [6.07, 6.45) is 0.617. The van der Waals surface area contributed by atoms with E-state index in [0.717, 1.165) is 10.6 Å². The summed E-state index contributed by atoms with van der Waals surface area (Å²) in [5.41, 5.74) is 1.28. The number of rotatable bonds is 6. The lowest BCUT2D eigenvalue weighted by molar-refractivity contribution is -0.0498. The fraction of sp³-hybridized carbons (Fsp3) is 0.118. The van der Waals surface area contributed by atoms with Crippen molar-refractivity contribution in [3.63, 3.8) is 0 Å². The van der Waals surface area contributed by atoms with Gasteiger partial charge in [0.2, 0.25) is 5.13 Å². The first-order valence-electron chi connectivity index (χ1n) is 7.33. The van der Waals surface area contributed by atoms with E-state index in [9.17, 15) is 13.6 Å². The highest BCUT2D eigenvalue weighted by molar-refractivity contribution is 7.15. The van der Waals surface area contributed by atoms with Gasteiger partial charge in [-0.25, -0.2) is 0 Å². The number of aromatic nitrogens is 2. The van der Waals surface area contributed by atoms with Crippen molar-refractivity contribution in [2.45, 2.75) is 13.0 Å². The van der Waals surface area contributed by atoms with Gasteiger partial charge >= 0.3 is 6.61 Å². The topological polar surface area (TPSA) is 64.1 Å². The van der Waals surface area contributed by atoms with E-state index < -0.39 is 12.5 Å². The molecule has 3 aromatic rings. The Hall–Kier alpha value is -2.87. The van der Waals surface area contributed by atoms with Gasteiger partial charge in [0.15, 0.2) is 0 Å². The van der Waals surface area contributed by atoms with Crippen LogP contribution in [0.3, 0.4) is 0 Å². The number of benzene rings is 2. The Balaban J connectivity index is 1.65. The van der Waals surface area contributed by atoms with Gasteiger partial charge in [0.25, 0.3) is 5.91 Å². The number of carbonyl (C=O) groups excluding carboxylic acids is 1. The maximum Gasteiger partial charge on any atom is 0.387 e. The third-order valence-corrected chi connectivity index (χ3v) is 4.05. The maximum atomic E-state index is 12.2. The highest BCUT2D eigenvalue weighted by atomic mass is 32.1. The molecule has 0 atom stereocenters. The van der Waals surface area contributed by atoms with E-state index in [4.69, 9.17) is 0 Å². The molecule has 0 spiro atoms. The Morgan fingerprint density at radius 2 is 1.92 bits per heavy atom. The van der Waals surface area contributed by atoms with Gasteiger partial charge in [-0.2, -0.15) is 8.78 Å². The van der Waals surface area contributed by atoms with Crippen LogP contribution in [0.5, 0.6) is 5.75 Å². The minimum absolute atomic E-state index is 0.0790. The number of halogens is 2. The van der Waals surface area contributed by atoms with E-state index >= 15 is 0 Å². The van der Waals surface area contributed by atoms with Gasteiger partial charge in [-0.1, -0.05) is 47.7 Å². The lowest BCUT2D eigenvalue weighted by Gasteiger charge is -2.06. The van der Waals surface area contributed by atoms with Crippen molar-refractivity contribution in [3.05, 3.63) is 70.7 Å². The van der Waals surface area contributed by atoms with Crippen molar-refractivity contribution >= 4 is 22.4 Å². The SMILES string of the molecule is O=C(Nc1nnc(Cc2ccccc2)s1)c1cccc(OC(F)F)c1. The number of hydrogen-bond acceptors (Lipinski definition) is 5. The van der Waals surface area contributed by atoms with E-state index in [1.165, 1.54) is 35.6 Å². The first-order chi connectivity index (χ1) is 12.1. The molecule has 0 saturated heterocycles. The molecule has 128 valence electrons. The van der Waals surface area contributed by atoms with Crippen molar-refractivity contribution < 1.29 is 18.3 Å². The highest BCUT2D eigenvalue weighted by Gasteiger charge is 2.12. The lowest BCUT2D eigenvalue weighted by atomic mass is 10.2. The van der Waals surface area contributed by atoms with Crippen molar-refractivity contribution in [2.75, 3.05) is 5.32 Å². The van der Waals surface area contributed by atoms with Gasteiger partial charge in [0.05, 0.1) is 0 Å². The summed E-state index contributed by atoms with van der Waals surface area (Å²) in [6.45, 7) is -2.94. The molecule has 0 saturated carbocycles. The van der Waals surface area contributed by atoms with Crippen LogP contribution >= 0.6 is 11.3 Å². The van der Waals surface area contributed by atoms with E-state index in [0.29, 0.717) is 11.6 Å². The second-order valence-corrected chi connectivity index (χ2v) is 6.09. The van der Waals surface area contributed by atoms with Crippen LogP contribution in [-0.4, -0.2) is 22.7 Å². The zero-order valence-corrected chi connectivity index (χ0v) is 13.7. The standard InChI is InChI=1S/C17H13F2N3O2S/c18-16(19)24-13-8-4-7-12(10-13)15(23)20-17-22-21-14(25-17)9-11-5-2-1-3-6-11/h1-8,10,16H,9H2,(H,20,22,23). The molecule has 5 nitrogen and oxygen atoms in total. The monoisotopic (exact) mass is 361 g/mol. The molecule has 0 unspecified atom stereocenters. The van der Waals surface area contributed by atoms with Crippen LogP contribution in [0.4, 0.5) is 13.9 Å². The quantitative estimate of drug-likeness (QED) is 0.721. The van der Waals surface area contributed by atoms with Crippen LogP contribution in [0, 0.1) is 0 Å². The van der Waals surface area contributed by atoms with Gasteiger partial charge in [0, 0.05) is 12.0 Å². The Kier molecular flexibility index (Phi) is 5.30. The van der Waals surface area contributed by atoms with Gasteiger partial charge in [-0.3, -0.25) is 10.1 Å². The van der Waals surface area contributed by atoms with Crippen molar-refractivity contribution in [1.82, 2.24) is 10.2 Å². The molecule has 1 aromatic heterocycles. The van der Waals surface area contributed by atoms with E-state index in [1.54, 1.807) is 0 Å². The fourth-order valence-electron chi connectivity index (χ4n) is 2.13. The lowest BCUT2D eigenvalue weighted by Crippen LogP contribution is -2.12. The Morgan fingerprint density at radius 3 is 2.68 bits per heavy atom. The van der Waals surface area contributed by atoms with Gasteiger partial charge in [-0.15, -0.1) is 10.2 Å². The first-order valence-corrected chi connectivity index (χ1v) is 8.14. The summed E-state index contributed by atoms with van der Waals surface area (Å²) < 4.78 is 28.8. The molecule has 3 rings (SSSR count). The molecule has 8 heteroatoms. The third kappa shape index (κ3) is 4.80. The summed E-state index contributed by atoms with van der Waals surface area (Å²) in [7, 11) is 0. The molecule has 0 bridgehead atoms. The number of carbonyl (C=O) groups is 1. The highest BCUT2D eigenvalue weighted by Crippen LogP contribution is 2.21. The van der Waals surface area contributed by atoms with E-state index in [1.807, 2.05) is 30.3 Å². The average Bonchev–Trinajstić information content (AvgIpc) is 3.02. The summed E-state index contributed by atoms with van der Waals surface area (Å²) in [5, 5.41) is 11.7. The largest absolute Gasteiger partial charge is 0.435 e. The molecule has 25 heavy (non-hydrogen) atoms. The minimum Gasteiger partial charge on any atom is -0.435 e. The Bertz CT molecular complexity index is 856. The van der Waals surface area contributed by atoms with Gasteiger partial charge < -0.3 is 4.74 Å². The van der Waals surface area contributed by atoms with Crippen LogP contribution in [0.1, 0.15) is 20.9 Å². The van der Waals surface area contributed by atoms with E-state index in [2.05, 4.69) is 20.3 Å². The van der Waals surface area contributed by atoms with Crippen molar-refractivity contribution in [1.29, 1.82) is 0 Å². The molecule has 0 aliphatic heterocycles. The molecule has 2 aromatic carbocycles. The number of nitrogens with zero attached hydrogens (tertiary/aromatic N) is 2. The van der Waals surface area contributed by atoms with Gasteiger partial charge in [0.1, 0.15) is 10.8 Å². The zero-order chi connectivity index (χ0) is 17.6. The summed E-state index contributed by atoms with van der Waals surface area (Å²) in [5.74, 6) is -0.549. The minimum atomic E-state index is -2.94. The smallest absolute Gasteiger partial charge is 0.387 e. The normalized spacial score (nSPS) is 10.7. The third-order valence-electron chi connectivity index (χ3n) is 3.21. The molecule has 1 N–H and O–H groups in total. The van der Waals surface area contributed by atoms with Gasteiger partial charge in [-0.05, 0) is 23.8 Å². The van der Waals surface area contributed by atoms with Crippen LogP contribution in [0.25, 0.3) is 0 Å². The second-order valence-electron chi connectivity index (χ2n) is 5.02. The molecule has 0 radical (unpaired) electrons. The Labute approximate surface area is 146 Å². The fourth-order valence-corrected chi connectivity index (χ4v) is 2.90. The molecular weight excluding hydrogens is 348 g/mol. The second kappa shape index (κ2) is 7.80. The first kappa shape index (κ1) is 17.0. The molecule has 0 fully saturated rings. The Morgan fingerprint density at radius 1 is 1.12 bits per heavy atom. The number of hydrogen-bond donors (Lipinski definition) is 1. The van der Waals surface area contributed by atoms with E-state index in [-0.39, 0.29) is 11.3 Å². The predicted molar refractivity (Wildman–Crippen MR) is 90.2 cm³/mol. The number of alkyl halides is 2. The number of anilines is 1.